The van der Waals surface area contributed by atoms with Gasteiger partial charge in [-0.25, -0.2) is 4.39 Å². The van der Waals surface area contributed by atoms with Crippen LogP contribution in [-0.4, -0.2) is 34.1 Å². The largest absolute Gasteiger partial charge is 0.338 e. The molecule has 0 radical (unpaired) electrons. The lowest BCUT2D eigenvalue weighted by atomic mass is 9.98. The molecule has 0 unspecified atom stereocenters. The second-order valence-corrected chi connectivity index (χ2v) is 6.47. The lowest BCUT2D eigenvalue weighted by molar-refractivity contribution is 0.0707. The molecule has 1 aromatic heterocycles. The number of benzene rings is 1. The first-order valence-electron chi connectivity index (χ1n) is 6.98. The van der Waals surface area contributed by atoms with Gasteiger partial charge in [-0.3, -0.25) is 4.79 Å². The highest BCUT2D eigenvalue weighted by Crippen LogP contribution is 2.29. The lowest BCUT2D eigenvalue weighted by Gasteiger charge is -2.31. The van der Waals surface area contributed by atoms with Crippen LogP contribution in [0, 0.1) is 12.7 Å². The van der Waals surface area contributed by atoms with Crippen LogP contribution in [0.2, 0.25) is 0 Å². The molecule has 0 N–H and O–H groups in total. The summed E-state index contributed by atoms with van der Waals surface area (Å²) in [4.78, 5) is 14.3. The molecule has 110 valence electrons. The summed E-state index contributed by atoms with van der Waals surface area (Å²) in [6.45, 7) is 3.33. The van der Waals surface area contributed by atoms with Crippen LogP contribution in [0.5, 0.6) is 0 Å². The third kappa shape index (κ3) is 3.10. The quantitative estimate of drug-likeness (QED) is 0.857. The van der Waals surface area contributed by atoms with Gasteiger partial charge in [-0.05, 0) is 44.0 Å². The van der Waals surface area contributed by atoms with Crippen LogP contribution < -0.4 is 0 Å². The predicted molar refractivity (Wildman–Crippen MR) is 78.9 cm³/mol. The second kappa shape index (κ2) is 5.89. The van der Waals surface area contributed by atoms with Gasteiger partial charge < -0.3 is 4.90 Å². The van der Waals surface area contributed by atoms with Gasteiger partial charge in [0.2, 0.25) is 0 Å². The van der Waals surface area contributed by atoms with Crippen molar-refractivity contribution in [3.63, 3.8) is 0 Å². The number of aryl methyl sites for hydroxylation is 1. The summed E-state index contributed by atoms with van der Waals surface area (Å²) < 4.78 is 12.9. The fraction of sp³-hybridized carbons (Fsp3) is 0.400. The van der Waals surface area contributed by atoms with Crippen molar-refractivity contribution in [1.29, 1.82) is 0 Å². The van der Waals surface area contributed by atoms with Crippen LogP contribution in [0.3, 0.4) is 0 Å². The molecule has 1 fully saturated rings. The molecule has 3 rings (SSSR count). The van der Waals surface area contributed by atoms with Crippen molar-refractivity contribution in [2.75, 3.05) is 13.1 Å². The number of nitrogens with zero attached hydrogens (tertiary/aromatic N) is 3. The van der Waals surface area contributed by atoms with Crippen molar-refractivity contribution in [1.82, 2.24) is 15.1 Å². The normalized spacial score (nSPS) is 18.8. The molecule has 1 aliphatic heterocycles. The van der Waals surface area contributed by atoms with Gasteiger partial charge in [0.1, 0.15) is 15.8 Å². The predicted octanol–water partition coefficient (Wildman–Crippen LogP) is 3.01. The first-order valence-corrected chi connectivity index (χ1v) is 7.80. The van der Waals surface area contributed by atoms with Crippen molar-refractivity contribution in [3.05, 3.63) is 45.7 Å². The van der Waals surface area contributed by atoms with Gasteiger partial charge in [0.05, 0.1) is 0 Å². The fourth-order valence-corrected chi connectivity index (χ4v) is 3.44. The molecule has 6 heteroatoms. The zero-order valence-corrected chi connectivity index (χ0v) is 12.6. The van der Waals surface area contributed by atoms with Crippen LogP contribution in [0.25, 0.3) is 0 Å². The number of amides is 1. The molecule has 2 aromatic rings. The molecule has 1 amide bonds. The molecule has 0 aliphatic carbocycles. The molecule has 1 aliphatic rings. The Morgan fingerprint density at radius 2 is 2.10 bits per heavy atom. The molecule has 2 heterocycles. The van der Waals surface area contributed by atoms with E-state index in [2.05, 4.69) is 10.2 Å². The van der Waals surface area contributed by atoms with Crippen molar-refractivity contribution in [2.45, 2.75) is 25.7 Å². The van der Waals surface area contributed by atoms with Gasteiger partial charge in [-0.2, -0.15) is 0 Å². The Morgan fingerprint density at radius 3 is 2.76 bits per heavy atom. The van der Waals surface area contributed by atoms with Crippen LogP contribution >= 0.6 is 11.3 Å². The highest BCUT2D eigenvalue weighted by Gasteiger charge is 2.27. The second-order valence-electron chi connectivity index (χ2n) is 5.26. The summed E-state index contributed by atoms with van der Waals surface area (Å²) in [5, 5.41) is 10.2. The molecule has 0 saturated carbocycles. The Bertz CT molecular complexity index is 641. The number of likely N-dealkylation sites (tertiary alicyclic amines) is 1. The third-order valence-corrected chi connectivity index (χ3v) is 4.69. The van der Waals surface area contributed by atoms with Crippen molar-refractivity contribution in [3.8, 4) is 0 Å². The maximum absolute atomic E-state index is 12.9. The lowest BCUT2D eigenvalue weighted by Crippen LogP contribution is -2.39. The smallest absolute Gasteiger partial charge is 0.253 e. The molecule has 1 aromatic carbocycles. The van der Waals surface area contributed by atoms with E-state index in [-0.39, 0.29) is 17.6 Å². The number of halogens is 1. The number of hydrogen-bond acceptors (Lipinski definition) is 4. The van der Waals surface area contributed by atoms with Crippen molar-refractivity contribution < 1.29 is 9.18 Å². The minimum Gasteiger partial charge on any atom is -0.338 e. The highest BCUT2D eigenvalue weighted by molar-refractivity contribution is 7.11. The molecular formula is C15H16FN3OS. The Labute approximate surface area is 126 Å². The first-order chi connectivity index (χ1) is 10.1. The summed E-state index contributed by atoms with van der Waals surface area (Å²) >= 11 is 1.60. The number of rotatable bonds is 2. The van der Waals surface area contributed by atoms with E-state index >= 15 is 0 Å². The van der Waals surface area contributed by atoms with Crippen LogP contribution in [0.1, 0.15) is 39.1 Å². The minimum absolute atomic E-state index is 0.0408. The van der Waals surface area contributed by atoms with Gasteiger partial charge in [0.15, 0.2) is 0 Å². The topological polar surface area (TPSA) is 46.1 Å². The minimum atomic E-state index is -0.326. The molecule has 1 saturated heterocycles. The van der Waals surface area contributed by atoms with E-state index in [1.807, 2.05) is 11.8 Å². The van der Waals surface area contributed by atoms with Gasteiger partial charge in [0.25, 0.3) is 5.91 Å². The van der Waals surface area contributed by atoms with Gasteiger partial charge in [-0.15, -0.1) is 21.5 Å². The number of carbonyl (C=O) groups excluding carboxylic acids is 1. The molecular weight excluding hydrogens is 289 g/mol. The summed E-state index contributed by atoms with van der Waals surface area (Å²) in [6, 6.07) is 5.72. The van der Waals surface area contributed by atoms with E-state index in [0.29, 0.717) is 12.1 Å². The number of aromatic nitrogens is 2. The number of piperidine rings is 1. The monoisotopic (exact) mass is 305 g/mol. The zero-order valence-electron chi connectivity index (χ0n) is 11.8. The molecule has 0 bridgehead atoms. The average Bonchev–Trinajstić information content (AvgIpc) is 2.94. The maximum Gasteiger partial charge on any atom is 0.253 e. The summed E-state index contributed by atoms with van der Waals surface area (Å²) in [6.07, 6.45) is 1.98. The van der Waals surface area contributed by atoms with Crippen LogP contribution in [0.15, 0.2) is 24.3 Å². The fourth-order valence-electron chi connectivity index (χ4n) is 2.62. The van der Waals surface area contributed by atoms with Crippen LogP contribution in [0.4, 0.5) is 4.39 Å². The van der Waals surface area contributed by atoms with E-state index in [1.165, 1.54) is 24.3 Å². The molecule has 4 nitrogen and oxygen atoms in total. The Morgan fingerprint density at radius 1 is 1.33 bits per heavy atom. The Balaban J connectivity index is 1.73. The Kier molecular flexibility index (Phi) is 3.96. The summed E-state index contributed by atoms with van der Waals surface area (Å²) in [5.41, 5.74) is 0.533. The van der Waals surface area contributed by atoms with Gasteiger partial charge in [0, 0.05) is 24.6 Å². The van der Waals surface area contributed by atoms with Crippen LogP contribution in [-0.2, 0) is 0 Å². The summed E-state index contributed by atoms with van der Waals surface area (Å²) in [7, 11) is 0. The van der Waals surface area contributed by atoms with Gasteiger partial charge in [-0.1, -0.05) is 0 Å². The van der Waals surface area contributed by atoms with Gasteiger partial charge >= 0.3 is 0 Å². The van der Waals surface area contributed by atoms with E-state index < -0.39 is 0 Å². The highest BCUT2D eigenvalue weighted by atomic mass is 32.1. The first kappa shape index (κ1) is 14.1. The Hall–Kier alpha value is -1.82. The molecule has 1 atom stereocenters. The summed E-state index contributed by atoms with van der Waals surface area (Å²) in [5.74, 6) is -0.109. The zero-order chi connectivity index (χ0) is 14.8. The third-order valence-electron chi connectivity index (χ3n) is 3.69. The van der Waals surface area contributed by atoms with E-state index in [4.69, 9.17) is 0 Å². The van der Waals surface area contributed by atoms with E-state index in [9.17, 15) is 9.18 Å². The SMILES string of the molecule is Cc1nnc([C@@H]2CCCN(C(=O)c3ccc(F)cc3)C2)s1. The maximum atomic E-state index is 12.9. The van der Waals surface area contributed by atoms with E-state index in [1.54, 1.807) is 11.3 Å². The van der Waals surface area contributed by atoms with Crippen molar-refractivity contribution >= 4 is 17.2 Å². The number of carbonyl (C=O) groups is 1. The molecule has 21 heavy (non-hydrogen) atoms. The average molecular weight is 305 g/mol. The molecule has 0 spiro atoms. The standard InChI is InChI=1S/C15H16FN3OS/c1-10-17-18-14(21-10)12-3-2-8-19(9-12)15(20)11-4-6-13(16)7-5-11/h4-7,12H,2-3,8-9H2,1H3/t12-/m1/s1. The van der Waals surface area contributed by atoms with Crippen molar-refractivity contribution in [2.24, 2.45) is 0 Å². The number of hydrogen-bond donors (Lipinski definition) is 0. The van der Waals surface area contributed by atoms with E-state index in [0.717, 1.165) is 29.4 Å².